The molecule has 1 saturated heterocycles. The van der Waals surface area contributed by atoms with Gasteiger partial charge in [0.05, 0.1) is 36.2 Å². The number of pyridine rings is 2. The van der Waals surface area contributed by atoms with Crippen LogP contribution < -0.4 is 9.64 Å². The molecule has 7 heteroatoms. The zero-order chi connectivity index (χ0) is 20.2. The molecule has 0 amide bonds. The largest absolute Gasteiger partial charge is 0.492 e. The molecular formula is C22H25N5O2. The summed E-state index contributed by atoms with van der Waals surface area (Å²) in [5, 5.41) is 13.8. The van der Waals surface area contributed by atoms with Crippen molar-refractivity contribution in [1.82, 2.24) is 14.6 Å². The van der Waals surface area contributed by atoms with E-state index in [0.717, 1.165) is 55.0 Å². The Morgan fingerprint density at radius 2 is 2.17 bits per heavy atom. The lowest BCUT2D eigenvalue weighted by molar-refractivity contribution is 0.0687. The third-order valence-electron chi connectivity index (χ3n) is 5.10. The maximum absolute atomic E-state index is 9.47. The van der Waals surface area contributed by atoms with Gasteiger partial charge in [0.25, 0.3) is 0 Å². The smallest absolute Gasteiger partial charge is 0.138 e. The van der Waals surface area contributed by atoms with Gasteiger partial charge in [-0.15, -0.1) is 0 Å². The molecule has 1 unspecified atom stereocenters. The second kappa shape index (κ2) is 8.50. The fraction of sp³-hybridized carbons (Fsp3) is 0.409. The second-order valence-corrected chi connectivity index (χ2v) is 7.12. The van der Waals surface area contributed by atoms with Crippen LogP contribution in [0.15, 0.2) is 36.8 Å². The number of anilines is 1. The molecule has 1 atom stereocenters. The molecule has 0 aliphatic carbocycles. The fourth-order valence-electron chi connectivity index (χ4n) is 3.73. The first-order valence-electron chi connectivity index (χ1n) is 10.1. The van der Waals surface area contributed by atoms with Gasteiger partial charge in [-0.1, -0.05) is 6.92 Å². The van der Waals surface area contributed by atoms with Crippen LogP contribution in [0.5, 0.6) is 5.75 Å². The van der Waals surface area contributed by atoms with Crippen LogP contribution in [0.25, 0.3) is 16.6 Å². The minimum atomic E-state index is 0.281. The van der Waals surface area contributed by atoms with Crippen molar-refractivity contribution in [3.8, 4) is 22.9 Å². The van der Waals surface area contributed by atoms with E-state index in [1.807, 2.05) is 31.3 Å². The third-order valence-corrected chi connectivity index (χ3v) is 5.10. The highest BCUT2D eigenvalue weighted by Gasteiger charge is 2.24. The molecule has 1 aliphatic rings. The highest BCUT2D eigenvalue weighted by Crippen LogP contribution is 2.31. The van der Waals surface area contributed by atoms with Crippen LogP contribution in [0.1, 0.15) is 32.3 Å². The number of nitrogens with zero attached hydrogens (tertiary/aromatic N) is 5. The molecule has 0 radical (unpaired) electrons. The maximum Gasteiger partial charge on any atom is 0.138 e. The van der Waals surface area contributed by atoms with E-state index in [1.54, 1.807) is 16.9 Å². The summed E-state index contributed by atoms with van der Waals surface area (Å²) in [6.07, 6.45) is 7.58. The molecule has 7 nitrogen and oxygen atoms in total. The maximum atomic E-state index is 9.47. The Balaban J connectivity index is 1.63. The van der Waals surface area contributed by atoms with Gasteiger partial charge < -0.3 is 14.4 Å². The Labute approximate surface area is 170 Å². The van der Waals surface area contributed by atoms with Crippen molar-refractivity contribution in [3.05, 3.63) is 42.4 Å². The summed E-state index contributed by atoms with van der Waals surface area (Å²) in [5.41, 5.74) is 3.10. The van der Waals surface area contributed by atoms with E-state index < -0.39 is 0 Å². The number of hydrogen-bond donors (Lipinski definition) is 0. The van der Waals surface area contributed by atoms with Crippen LogP contribution in [0.3, 0.4) is 0 Å². The molecule has 29 heavy (non-hydrogen) atoms. The van der Waals surface area contributed by atoms with Crippen molar-refractivity contribution in [2.24, 2.45) is 0 Å². The average molecular weight is 391 g/mol. The molecule has 0 saturated carbocycles. The second-order valence-electron chi connectivity index (χ2n) is 7.12. The predicted molar refractivity (Wildman–Crippen MR) is 111 cm³/mol. The zero-order valence-electron chi connectivity index (χ0n) is 16.8. The lowest BCUT2D eigenvalue weighted by Gasteiger charge is -2.18. The van der Waals surface area contributed by atoms with E-state index in [2.05, 4.69) is 23.0 Å². The summed E-state index contributed by atoms with van der Waals surface area (Å²) < 4.78 is 13.3. The van der Waals surface area contributed by atoms with E-state index in [9.17, 15) is 5.26 Å². The Hall–Kier alpha value is -3.11. The minimum Gasteiger partial charge on any atom is -0.492 e. The van der Waals surface area contributed by atoms with Gasteiger partial charge in [0.2, 0.25) is 0 Å². The number of fused-ring (bicyclic) bond motifs is 1. The van der Waals surface area contributed by atoms with Gasteiger partial charge >= 0.3 is 0 Å². The van der Waals surface area contributed by atoms with E-state index >= 15 is 0 Å². The van der Waals surface area contributed by atoms with Crippen LogP contribution in [-0.4, -0.2) is 47.0 Å². The van der Waals surface area contributed by atoms with Crippen molar-refractivity contribution in [2.75, 3.05) is 31.2 Å². The number of hydrogen-bond acceptors (Lipinski definition) is 6. The lowest BCUT2D eigenvalue weighted by Crippen LogP contribution is -2.23. The first-order chi connectivity index (χ1) is 14.2. The van der Waals surface area contributed by atoms with E-state index in [1.165, 1.54) is 0 Å². The molecule has 0 aromatic carbocycles. The summed E-state index contributed by atoms with van der Waals surface area (Å²) in [4.78, 5) is 6.95. The zero-order valence-corrected chi connectivity index (χ0v) is 16.8. The van der Waals surface area contributed by atoms with Crippen molar-refractivity contribution < 1.29 is 9.47 Å². The van der Waals surface area contributed by atoms with Gasteiger partial charge in [-0.05, 0) is 38.0 Å². The number of aromatic nitrogens is 3. The molecule has 1 fully saturated rings. The molecule has 150 valence electrons. The van der Waals surface area contributed by atoms with Crippen LogP contribution >= 0.6 is 0 Å². The van der Waals surface area contributed by atoms with Crippen LogP contribution in [-0.2, 0) is 4.74 Å². The monoisotopic (exact) mass is 391 g/mol. The minimum absolute atomic E-state index is 0.281. The molecule has 4 rings (SSSR count). The standard InChI is InChI=1S/C22H25N5O2/c1-3-9-29-18-7-8-26(14-18)21-6-5-16(12-24-21)20-10-19(28-4-2)15-27-22(20)17(11-23)13-25-27/h5-6,10,12-13,15,18H,3-4,7-9,14H2,1-2H3. The number of nitriles is 1. The van der Waals surface area contributed by atoms with Gasteiger partial charge in [0.15, 0.2) is 0 Å². The Morgan fingerprint density at radius 1 is 1.28 bits per heavy atom. The Morgan fingerprint density at radius 3 is 2.90 bits per heavy atom. The van der Waals surface area contributed by atoms with Crippen LogP contribution in [0.2, 0.25) is 0 Å². The summed E-state index contributed by atoms with van der Waals surface area (Å²) in [6.45, 7) is 7.26. The summed E-state index contributed by atoms with van der Waals surface area (Å²) in [6, 6.07) is 8.24. The molecular weight excluding hydrogens is 366 g/mol. The van der Waals surface area contributed by atoms with Gasteiger partial charge in [-0.3, -0.25) is 0 Å². The highest BCUT2D eigenvalue weighted by atomic mass is 16.5. The van der Waals surface area contributed by atoms with E-state index in [4.69, 9.17) is 14.5 Å². The third kappa shape index (κ3) is 3.89. The molecule has 0 bridgehead atoms. The Bertz CT molecular complexity index is 1020. The fourth-order valence-corrected chi connectivity index (χ4v) is 3.73. The molecule has 1 aliphatic heterocycles. The van der Waals surface area contributed by atoms with Crippen molar-refractivity contribution in [3.63, 3.8) is 0 Å². The van der Waals surface area contributed by atoms with Gasteiger partial charge in [-0.25, -0.2) is 9.50 Å². The first-order valence-corrected chi connectivity index (χ1v) is 10.1. The lowest BCUT2D eigenvalue weighted by atomic mass is 10.1. The normalized spacial score (nSPS) is 16.3. The quantitative estimate of drug-likeness (QED) is 0.612. The highest BCUT2D eigenvalue weighted by molar-refractivity contribution is 5.85. The topological polar surface area (TPSA) is 75.7 Å². The summed E-state index contributed by atoms with van der Waals surface area (Å²) in [5.74, 6) is 1.66. The van der Waals surface area contributed by atoms with Gasteiger partial charge in [0, 0.05) is 37.0 Å². The molecule has 0 N–H and O–H groups in total. The van der Waals surface area contributed by atoms with Crippen molar-refractivity contribution in [2.45, 2.75) is 32.8 Å². The molecule has 0 spiro atoms. The Kier molecular flexibility index (Phi) is 5.63. The molecule has 3 aromatic heterocycles. The van der Waals surface area contributed by atoms with Gasteiger partial charge in [0.1, 0.15) is 17.6 Å². The van der Waals surface area contributed by atoms with E-state index in [0.29, 0.717) is 17.9 Å². The molecule has 3 aromatic rings. The first kappa shape index (κ1) is 19.2. The summed E-state index contributed by atoms with van der Waals surface area (Å²) in [7, 11) is 0. The predicted octanol–water partition coefficient (Wildman–Crippen LogP) is 3.67. The van der Waals surface area contributed by atoms with Crippen molar-refractivity contribution in [1.29, 1.82) is 5.26 Å². The van der Waals surface area contributed by atoms with E-state index in [-0.39, 0.29) is 6.10 Å². The average Bonchev–Trinajstić information content (AvgIpc) is 3.39. The van der Waals surface area contributed by atoms with Crippen LogP contribution in [0.4, 0.5) is 5.82 Å². The number of ether oxygens (including phenoxy) is 2. The van der Waals surface area contributed by atoms with Crippen molar-refractivity contribution >= 4 is 11.3 Å². The SMILES string of the molecule is CCCOC1CCN(c2ccc(-c3cc(OCC)cn4ncc(C#N)c34)cn2)C1. The number of rotatable bonds is 7. The molecule has 4 heterocycles. The van der Waals surface area contributed by atoms with Crippen LogP contribution in [0, 0.1) is 11.3 Å². The van der Waals surface area contributed by atoms with Gasteiger partial charge in [-0.2, -0.15) is 10.4 Å². The summed E-state index contributed by atoms with van der Waals surface area (Å²) >= 11 is 0.